The first-order valence-electron chi connectivity index (χ1n) is 8.95. The number of benzene rings is 1. The predicted molar refractivity (Wildman–Crippen MR) is 92.5 cm³/mol. The molecule has 3 unspecified atom stereocenters. The molecule has 2 bridgehead atoms. The van der Waals surface area contributed by atoms with Gasteiger partial charge in [0, 0.05) is 18.5 Å². The molecular weight excluding hydrogens is 286 g/mol. The summed E-state index contributed by atoms with van der Waals surface area (Å²) >= 11 is 0. The summed E-state index contributed by atoms with van der Waals surface area (Å²) in [6.07, 6.45) is 4.82. The van der Waals surface area contributed by atoms with Crippen molar-refractivity contribution in [3.05, 3.63) is 35.4 Å². The van der Waals surface area contributed by atoms with E-state index in [2.05, 4.69) is 11.9 Å². The van der Waals surface area contributed by atoms with E-state index >= 15 is 0 Å². The highest BCUT2D eigenvalue weighted by atomic mass is 16.3. The Morgan fingerprint density at radius 1 is 1.22 bits per heavy atom. The molecular formula is C20H29NO2. The zero-order valence-corrected chi connectivity index (χ0v) is 14.5. The van der Waals surface area contributed by atoms with E-state index in [1.807, 2.05) is 31.2 Å². The van der Waals surface area contributed by atoms with Crippen molar-refractivity contribution in [3.8, 4) is 0 Å². The summed E-state index contributed by atoms with van der Waals surface area (Å²) in [5, 5.41) is 10.2. The van der Waals surface area contributed by atoms with Gasteiger partial charge in [-0.05, 0) is 58.1 Å². The maximum atomic E-state index is 12.9. The minimum absolute atomic E-state index is 0.206. The first-order chi connectivity index (χ1) is 11.0. The number of piperidine rings is 1. The number of Topliss-reactive ketones (excluding diaryl/α,β-unsaturated/α-hetero) is 1. The van der Waals surface area contributed by atoms with Crippen LogP contribution in [0, 0.1) is 12.8 Å². The Hall–Kier alpha value is -1.19. The highest BCUT2D eigenvalue weighted by Gasteiger charge is 2.39. The summed E-state index contributed by atoms with van der Waals surface area (Å²) in [5.74, 6) is 0.314. The van der Waals surface area contributed by atoms with Crippen LogP contribution in [0.15, 0.2) is 24.3 Å². The number of nitrogens with zero attached hydrogens (tertiary/aromatic N) is 1. The van der Waals surface area contributed by atoms with Crippen molar-refractivity contribution in [2.24, 2.45) is 5.92 Å². The smallest absolute Gasteiger partial charge is 0.143 e. The molecule has 0 saturated carbocycles. The lowest BCUT2D eigenvalue weighted by Gasteiger charge is -2.36. The first kappa shape index (κ1) is 16.7. The van der Waals surface area contributed by atoms with Gasteiger partial charge in [0.1, 0.15) is 5.78 Å². The second-order valence-electron chi connectivity index (χ2n) is 7.69. The summed E-state index contributed by atoms with van der Waals surface area (Å²) in [6.45, 7) is 3.78. The number of aryl methyl sites for hydroxylation is 1. The Morgan fingerprint density at radius 3 is 2.30 bits per heavy atom. The van der Waals surface area contributed by atoms with E-state index in [1.165, 1.54) is 18.4 Å². The van der Waals surface area contributed by atoms with Crippen molar-refractivity contribution in [2.45, 2.75) is 70.1 Å². The molecule has 2 aliphatic heterocycles. The average molecular weight is 315 g/mol. The van der Waals surface area contributed by atoms with Gasteiger partial charge in [-0.25, -0.2) is 0 Å². The van der Waals surface area contributed by atoms with Gasteiger partial charge in [-0.1, -0.05) is 29.8 Å². The van der Waals surface area contributed by atoms with Crippen LogP contribution in [-0.2, 0) is 4.79 Å². The Labute approximate surface area is 139 Å². The molecule has 2 saturated heterocycles. The number of carbonyl (C=O) groups is 1. The minimum atomic E-state index is -0.631. The third kappa shape index (κ3) is 3.51. The van der Waals surface area contributed by atoms with Crippen molar-refractivity contribution in [3.63, 3.8) is 0 Å². The standard InChI is InChI=1S/C20H29NO2/c1-13-4-6-16(7-5-13)20(14(2)22)19(23)12-15-10-17-8-9-18(11-15)21(17)3/h4-7,14-15,17-18,20,22H,8-12H2,1-3H3/t14?,15?,17?,18?,20-/m1/s1. The number of hydrogen-bond donors (Lipinski definition) is 1. The predicted octanol–water partition coefficient (Wildman–Crippen LogP) is 3.29. The molecule has 4 atom stereocenters. The largest absolute Gasteiger partial charge is 0.392 e. The number of aliphatic hydroxyl groups excluding tert-OH is 1. The van der Waals surface area contributed by atoms with Crippen LogP contribution >= 0.6 is 0 Å². The van der Waals surface area contributed by atoms with Crippen LogP contribution in [0.4, 0.5) is 0 Å². The van der Waals surface area contributed by atoms with Gasteiger partial charge >= 0.3 is 0 Å². The van der Waals surface area contributed by atoms with E-state index in [9.17, 15) is 9.90 Å². The Bertz CT molecular complexity index is 537. The summed E-state index contributed by atoms with van der Waals surface area (Å²) in [4.78, 5) is 15.4. The van der Waals surface area contributed by atoms with Crippen LogP contribution in [0.2, 0.25) is 0 Å². The van der Waals surface area contributed by atoms with E-state index in [1.54, 1.807) is 6.92 Å². The third-order valence-corrected chi connectivity index (χ3v) is 5.95. The Balaban J connectivity index is 1.69. The van der Waals surface area contributed by atoms with E-state index in [0.717, 1.165) is 18.4 Å². The molecule has 0 aromatic heterocycles. The van der Waals surface area contributed by atoms with Crippen molar-refractivity contribution in [1.82, 2.24) is 4.90 Å². The molecule has 23 heavy (non-hydrogen) atoms. The third-order valence-electron chi connectivity index (χ3n) is 5.95. The van der Waals surface area contributed by atoms with Gasteiger partial charge in [-0.15, -0.1) is 0 Å². The molecule has 0 radical (unpaired) electrons. The molecule has 1 aromatic carbocycles. The van der Waals surface area contributed by atoms with Gasteiger partial charge in [0.15, 0.2) is 0 Å². The van der Waals surface area contributed by atoms with Gasteiger partial charge in [0.2, 0.25) is 0 Å². The number of rotatable bonds is 5. The van der Waals surface area contributed by atoms with Crippen LogP contribution < -0.4 is 0 Å². The molecule has 3 rings (SSSR count). The quantitative estimate of drug-likeness (QED) is 0.906. The van der Waals surface area contributed by atoms with Gasteiger partial charge in [0.05, 0.1) is 12.0 Å². The molecule has 3 nitrogen and oxygen atoms in total. The minimum Gasteiger partial charge on any atom is -0.392 e. The van der Waals surface area contributed by atoms with Crippen molar-refractivity contribution in [2.75, 3.05) is 7.05 Å². The Kier molecular flexibility index (Phi) is 4.88. The second kappa shape index (κ2) is 6.74. The van der Waals surface area contributed by atoms with E-state index in [4.69, 9.17) is 0 Å². The maximum absolute atomic E-state index is 12.9. The average Bonchev–Trinajstić information content (AvgIpc) is 2.72. The van der Waals surface area contributed by atoms with Crippen molar-refractivity contribution < 1.29 is 9.90 Å². The molecule has 1 N–H and O–H groups in total. The first-order valence-corrected chi connectivity index (χ1v) is 8.95. The van der Waals surface area contributed by atoms with Crippen LogP contribution in [0.1, 0.15) is 56.1 Å². The normalized spacial score (nSPS) is 30.2. The number of ketones is 1. The highest BCUT2D eigenvalue weighted by molar-refractivity contribution is 5.86. The highest BCUT2D eigenvalue weighted by Crippen LogP contribution is 2.39. The van der Waals surface area contributed by atoms with E-state index < -0.39 is 6.10 Å². The van der Waals surface area contributed by atoms with E-state index in [-0.39, 0.29) is 11.7 Å². The van der Waals surface area contributed by atoms with Crippen LogP contribution in [-0.4, -0.2) is 41.0 Å². The monoisotopic (exact) mass is 315 g/mol. The van der Waals surface area contributed by atoms with Crippen molar-refractivity contribution in [1.29, 1.82) is 0 Å². The topological polar surface area (TPSA) is 40.5 Å². The van der Waals surface area contributed by atoms with Gasteiger partial charge in [-0.3, -0.25) is 4.79 Å². The fourth-order valence-electron chi connectivity index (χ4n) is 4.61. The molecule has 0 amide bonds. The lowest BCUT2D eigenvalue weighted by molar-refractivity contribution is -0.124. The van der Waals surface area contributed by atoms with Gasteiger partial charge in [-0.2, -0.15) is 0 Å². The van der Waals surface area contributed by atoms with Crippen LogP contribution in [0.25, 0.3) is 0 Å². The number of hydrogen-bond acceptors (Lipinski definition) is 3. The fourth-order valence-corrected chi connectivity index (χ4v) is 4.61. The lowest BCUT2D eigenvalue weighted by Crippen LogP contribution is -2.40. The molecule has 3 heteroatoms. The molecule has 0 spiro atoms. The second-order valence-corrected chi connectivity index (χ2v) is 7.69. The summed E-state index contributed by atoms with van der Waals surface area (Å²) in [5.41, 5.74) is 2.13. The zero-order chi connectivity index (χ0) is 16.6. The lowest BCUT2D eigenvalue weighted by atomic mass is 9.81. The summed E-state index contributed by atoms with van der Waals surface area (Å²) < 4.78 is 0. The molecule has 2 heterocycles. The van der Waals surface area contributed by atoms with Gasteiger partial charge in [0.25, 0.3) is 0 Å². The SMILES string of the molecule is Cc1ccc([C@H](C(=O)CC2CC3CCC(C2)N3C)C(C)O)cc1. The maximum Gasteiger partial charge on any atom is 0.143 e. The molecule has 126 valence electrons. The molecule has 1 aromatic rings. The van der Waals surface area contributed by atoms with Crippen molar-refractivity contribution >= 4 is 5.78 Å². The molecule has 2 aliphatic rings. The number of aliphatic hydroxyl groups is 1. The number of carbonyl (C=O) groups excluding carboxylic acids is 1. The van der Waals surface area contributed by atoms with Gasteiger partial charge < -0.3 is 10.0 Å². The number of fused-ring (bicyclic) bond motifs is 2. The summed E-state index contributed by atoms with van der Waals surface area (Å²) in [7, 11) is 2.23. The van der Waals surface area contributed by atoms with Crippen LogP contribution in [0.5, 0.6) is 0 Å². The van der Waals surface area contributed by atoms with E-state index in [0.29, 0.717) is 24.4 Å². The zero-order valence-electron chi connectivity index (χ0n) is 14.5. The van der Waals surface area contributed by atoms with Crippen LogP contribution in [0.3, 0.4) is 0 Å². The Morgan fingerprint density at radius 2 is 1.78 bits per heavy atom. The molecule has 0 aliphatic carbocycles. The fraction of sp³-hybridized carbons (Fsp3) is 0.650. The molecule has 2 fully saturated rings. The summed E-state index contributed by atoms with van der Waals surface area (Å²) in [6, 6.07) is 9.35.